The Labute approximate surface area is 113 Å². The van der Waals surface area contributed by atoms with Crippen molar-refractivity contribution in [2.45, 2.75) is 25.9 Å². The summed E-state index contributed by atoms with van der Waals surface area (Å²) < 4.78 is 36.8. The van der Waals surface area contributed by atoms with Crippen molar-refractivity contribution < 1.29 is 22.7 Å². The maximum atomic E-state index is 11.8. The number of hydrogen-bond donors (Lipinski definition) is 2. The minimum absolute atomic E-state index is 0.0255. The van der Waals surface area contributed by atoms with Crippen molar-refractivity contribution in [1.29, 1.82) is 0 Å². The highest BCUT2D eigenvalue weighted by Gasteiger charge is 2.29. The van der Waals surface area contributed by atoms with Crippen LogP contribution in [0.4, 0.5) is 4.79 Å². The van der Waals surface area contributed by atoms with E-state index < -0.39 is 16.3 Å². The molecule has 0 spiro atoms. The normalized spacial score (nSPS) is 18.2. The van der Waals surface area contributed by atoms with Gasteiger partial charge < -0.3 is 15.2 Å². The van der Waals surface area contributed by atoms with Crippen molar-refractivity contribution in [3.8, 4) is 0 Å². The third kappa shape index (κ3) is 5.31. The molecule has 1 fully saturated rings. The van der Waals surface area contributed by atoms with Crippen molar-refractivity contribution in [1.82, 2.24) is 9.03 Å². The smallest absolute Gasteiger partial charge is 0.421 e. The zero-order valence-corrected chi connectivity index (χ0v) is 11.8. The van der Waals surface area contributed by atoms with Crippen LogP contribution >= 0.6 is 0 Å². The van der Waals surface area contributed by atoms with E-state index in [2.05, 4.69) is 4.74 Å². The second-order valence-corrected chi connectivity index (χ2v) is 5.76. The SMILES string of the molecule is CCOC(=O)NS(=O)(=O)N1CCC(OCCN)CC1. The molecular formula is C10H21N3O5S. The zero-order valence-electron chi connectivity index (χ0n) is 11.0. The van der Waals surface area contributed by atoms with E-state index in [-0.39, 0.29) is 12.7 Å². The number of carbonyl (C=O) groups is 1. The molecule has 112 valence electrons. The average molecular weight is 295 g/mol. The highest BCUT2D eigenvalue weighted by Crippen LogP contribution is 2.15. The molecule has 9 heteroatoms. The molecule has 1 aliphatic heterocycles. The topological polar surface area (TPSA) is 111 Å². The van der Waals surface area contributed by atoms with Crippen molar-refractivity contribution >= 4 is 16.3 Å². The van der Waals surface area contributed by atoms with Crippen molar-refractivity contribution in [2.75, 3.05) is 32.8 Å². The van der Waals surface area contributed by atoms with Crippen LogP contribution in [0, 0.1) is 0 Å². The predicted molar refractivity (Wildman–Crippen MR) is 68.7 cm³/mol. The fraction of sp³-hybridized carbons (Fsp3) is 0.900. The van der Waals surface area contributed by atoms with Crippen LogP contribution in [-0.2, 0) is 19.7 Å². The van der Waals surface area contributed by atoms with E-state index in [1.165, 1.54) is 4.31 Å². The molecule has 3 N–H and O–H groups in total. The first-order valence-electron chi connectivity index (χ1n) is 6.26. The molecular weight excluding hydrogens is 274 g/mol. The Balaban J connectivity index is 2.43. The monoisotopic (exact) mass is 295 g/mol. The molecule has 0 aliphatic carbocycles. The van der Waals surface area contributed by atoms with Gasteiger partial charge in [0, 0.05) is 19.6 Å². The van der Waals surface area contributed by atoms with Crippen molar-refractivity contribution in [3.63, 3.8) is 0 Å². The summed E-state index contributed by atoms with van der Waals surface area (Å²) in [6, 6.07) is 0. The summed E-state index contributed by atoms with van der Waals surface area (Å²) >= 11 is 0. The standard InChI is InChI=1S/C10H21N3O5S/c1-2-17-10(14)12-19(15,16)13-6-3-9(4-7-13)18-8-5-11/h9H,2-8,11H2,1H3,(H,12,14). The third-order valence-electron chi connectivity index (χ3n) is 2.70. The van der Waals surface area contributed by atoms with Crippen molar-refractivity contribution in [2.24, 2.45) is 5.73 Å². The van der Waals surface area contributed by atoms with Gasteiger partial charge in [0.15, 0.2) is 0 Å². The Morgan fingerprint density at radius 3 is 2.58 bits per heavy atom. The third-order valence-corrected chi connectivity index (χ3v) is 4.17. The van der Waals surface area contributed by atoms with E-state index in [4.69, 9.17) is 10.5 Å². The van der Waals surface area contributed by atoms with Gasteiger partial charge in [-0.2, -0.15) is 12.7 Å². The van der Waals surface area contributed by atoms with Crippen LogP contribution in [0.3, 0.4) is 0 Å². The fourth-order valence-electron chi connectivity index (χ4n) is 1.80. The maximum absolute atomic E-state index is 11.8. The van der Waals surface area contributed by atoms with E-state index in [9.17, 15) is 13.2 Å². The van der Waals surface area contributed by atoms with E-state index in [1.807, 2.05) is 4.72 Å². The highest BCUT2D eigenvalue weighted by atomic mass is 32.2. The van der Waals surface area contributed by atoms with Gasteiger partial charge in [0.05, 0.1) is 19.3 Å². The molecule has 0 aromatic rings. The van der Waals surface area contributed by atoms with E-state index >= 15 is 0 Å². The number of ether oxygens (including phenoxy) is 2. The summed E-state index contributed by atoms with van der Waals surface area (Å²) in [6.07, 6.45) is 0.245. The maximum Gasteiger partial charge on any atom is 0.421 e. The zero-order chi connectivity index (χ0) is 14.3. The predicted octanol–water partition coefficient (Wildman–Crippen LogP) is -0.583. The van der Waals surface area contributed by atoms with E-state index in [1.54, 1.807) is 6.92 Å². The Bertz CT molecular complexity index is 379. The molecule has 1 aliphatic rings. The van der Waals surface area contributed by atoms with Crippen LogP contribution in [0.25, 0.3) is 0 Å². The van der Waals surface area contributed by atoms with Gasteiger partial charge in [-0.15, -0.1) is 0 Å². The molecule has 1 heterocycles. The van der Waals surface area contributed by atoms with Crippen LogP contribution in [0.1, 0.15) is 19.8 Å². The number of nitrogens with zero attached hydrogens (tertiary/aromatic N) is 1. The van der Waals surface area contributed by atoms with Crippen molar-refractivity contribution in [3.05, 3.63) is 0 Å². The molecule has 1 amide bonds. The number of piperidine rings is 1. The number of amides is 1. The van der Waals surface area contributed by atoms with Gasteiger partial charge >= 0.3 is 16.3 Å². The second-order valence-electron chi connectivity index (χ2n) is 4.09. The Morgan fingerprint density at radius 1 is 1.42 bits per heavy atom. The minimum atomic E-state index is -3.82. The van der Waals surface area contributed by atoms with Crippen LogP contribution in [0.15, 0.2) is 0 Å². The lowest BCUT2D eigenvalue weighted by Crippen LogP contribution is -2.48. The number of carbonyl (C=O) groups excluding carboxylic acids is 1. The fourth-order valence-corrected chi connectivity index (χ4v) is 2.89. The van der Waals surface area contributed by atoms with Gasteiger partial charge in [-0.05, 0) is 19.8 Å². The molecule has 0 saturated carbocycles. The largest absolute Gasteiger partial charge is 0.449 e. The second kappa shape index (κ2) is 7.63. The molecule has 0 bridgehead atoms. The van der Waals surface area contributed by atoms with Crippen LogP contribution < -0.4 is 10.5 Å². The molecule has 0 atom stereocenters. The summed E-state index contributed by atoms with van der Waals surface area (Å²) in [6.45, 7) is 3.26. The van der Waals surface area contributed by atoms with E-state index in [0.717, 1.165) is 0 Å². The van der Waals surface area contributed by atoms with E-state index in [0.29, 0.717) is 39.1 Å². The van der Waals surface area contributed by atoms with Gasteiger partial charge in [0.2, 0.25) is 0 Å². The summed E-state index contributed by atoms with van der Waals surface area (Å²) in [5, 5.41) is 0. The summed E-state index contributed by atoms with van der Waals surface area (Å²) in [4.78, 5) is 11.1. The first-order chi connectivity index (χ1) is 8.99. The van der Waals surface area contributed by atoms with Gasteiger partial charge in [0.25, 0.3) is 0 Å². The summed E-state index contributed by atoms with van der Waals surface area (Å²) in [5.74, 6) is 0. The number of nitrogens with two attached hydrogens (primary N) is 1. The lowest BCUT2D eigenvalue weighted by atomic mass is 10.1. The lowest BCUT2D eigenvalue weighted by molar-refractivity contribution is 0.0256. The molecule has 0 unspecified atom stereocenters. The molecule has 8 nitrogen and oxygen atoms in total. The molecule has 1 rings (SSSR count). The average Bonchev–Trinajstić information content (AvgIpc) is 2.36. The van der Waals surface area contributed by atoms with Gasteiger partial charge in [-0.3, -0.25) is 0 Å². The Morgan fingerprint density at radius 2 is 2.05 bits per heavy atom. The first kappa shape index (κ1) is 16.2. The van der Waals surface area contributed by atoms with Crippen LogP contribution in [0.5, 0.6) is 0 Å². The number of rotatable bonds is 6. The molecule has 0 aromatic carbocycles. The first-order valence-corrected chi connectivity index (χ1v) is 7.70. The minimum Gasteiger partial charge on any atom is -0.449 e. The number of nitrogens with one attached hydrogen (secondary N) is 1. The van der Waals surface area contributed by atoms with Crippen LogP contribution in [-0.4, -0.2) is 57.8 Å². The molecule has 0 aromatic heterocycles. The lowest BCUT2D eigenvalue weighted by Gasteiger charge is -2.30. The van der Waals surface area contributed by atoms with Gasteiger partial charge in [-0.25, -0.2) is 9.52 Å². The summed E-state index contributed by atoms with van der Waals surface area (Å²) in [7, 11) is -3.82. The van der Waals surface area contributed by atoms with Gasteiger partial charge in [0.1, 0.15) is 0 Å². The highest BCUT2D eigenvalue weighted by molar-refractivity contribution is 7.87. The molecule has 1 saturated heterocycles. The quantitative estimate of drug-likeness (QED) is 0.678. The Kier molecular flexibility index (Phi) is 6.49. The molecule has 0 radical (unpaired) electrons. The molecule has 19 heavy (non-hydrogen) atoms. The Hall–Kier alpha value is -0.900. The number of hydrogen-bond acceptors (Lipinski definition) is 6. The van der Waals surface area contributed by atoms with Gasteiger partial charge in [-0.1, -0.05) is 0 Å². The van der Waals surface area contributed by atoms with Crippen LogP contribution in [0.2, 0.25) is 0 Å². The summed E-state index contributed by atoms with van der Waals surface area (Å²) in [5.41, 5.74) is 5.33.